The summed E-state index contributed by atoms with van der Waals surface area (Å²) in [6, 6.07) is 0. The SMILES string of the molecule is [N-]=[N+]=NCCO[C@@H]1O[C@H](CO)[C@@H](O[C@@H]2O[C@H](CO)[C@H](O)[C@H](O)[C@@H]2O)[C@H](O)[C@H]1O. The van der Waals surface area contributed by atoms with Gasteiger partial charge in [-0.2, -0.15) is 0 Å². The third-order valence-corrected chi connectivity index (χ3v) is 4.50. The van der Waals surface area contributed by atoms with Crippen LogP contribution in [0.15, 0.2) is 5.11 Å². The summed E-state index contributed by atoms with van der Waals surface area (Å²) in [5.41, 5.74) is 8.21. The van der Waals surface area contributed by atoms with Gasteiger partial charge >= 0.3 is 0 Å². The van der Waals surface area contributed by atoms with Crippen LogP contribution >= 0.6 is 0 Å². The molecular formula is C14H25N3O11. The molecule has 10 atom stereocenters. The van der Waals surface area contributed by atoms with Gasteiger partial charge in [0.25, 0.3) is 0 Å². The molecule has 2 fully saturated rings. The highest BCUT2D eigenvalue weighted by Gasteiger charge is 2.50. The lowest BCUT2D eigenvalue weighted by Crippen LogP contribution is -2.64. The second-order valence-corrected chi connectivity index (χ2v) is 6.33. The normalized spacial score (nSPS) is 44.1. The molecule has 14 heteroatoms. The van der Waals surface area contributed by atoms with Gasteiger partial charge in [0.1, 0.15) is 48.8 Å². The van der Waals surface area contributed by atoms with E-state index in [0.717, 1.165) is 0 Å². The van der Waals surface area contributed by atoms with Crippen molar-refractivity contribution in [1.29, 1.82) is 0 Å². The summed E-state index contributed by atoms with van der Waals surface area (Å²) in [5, 5.41) is 72.1. The van der Waals surface area contributed by atoms with Crippen LogP contribution < -0.4 is 0 Å². The standard InChI is InChI=1S/C14H25N3O11/c15-17-16-1-2-25-13-11(24)9(22)12(6(4-19)27-13)28-14-10(23)8(21)7(20)5(3-18)26-14/h5-14,18-24H,1-4H2/t5-,6-,7+,8+,9-,10+,11-,12-,13-,14+/m1/s1. The Labute approximate surface area is 159 Å². The van der Waals surface area contributed by atoms with Gasteiger partial charge in [-0.15, -0.1) is 0 Å². The number of hydrogen-bond acceptors (Lipinski definition) is 12. The third-order valence-electron chi connectivity index (χ3n) is 4.50. The molecule has 14 nitrogen and oxygen atoms in total. The maximum absolute atomic E-state index is 10.3. The molecule has 2 saturated heterocycles. The second-order valence-electron chi connectivity index (χ2n) is 6.33. The van der Waals surface area contributed by atoms with E-state index in [4.69, 9.17) is 24.5 Å². The van der Waals surface area contributed by atoms with Crippen molar-refractivity contribution in [2.75, 3.05) is 26.4 Å². The minimum absolute atomic E-state index is 0.0479. The van der Waals surface area contributed by atoms with Gasteiger partial charge < -0.3 is 54.7 Å². The van der Waals surface area contributed by atoms with Gasteiger partial charge in [0.05, 0.1) is 19.8 Å². The molecule has 0 aromatic rings. The van der Waals surface area contributed by atoms with E-state index in [9.17, 15) is 35.7 Å². The van der Waals surface area contributed by atoms with E-state index in [1.165, 1.54) is 0 Å². The maximum Gasteiger partial charge on any atom is 0.187 e. The topological polar surface area (TPSA) is 227 Å². The van der Waals surface area contributed by atoms with Crippen molar-refractivity contribution >= 4 is 0 Å². The van der Waals surface area contributed by atoms with Crippen LogP contribution in [0, 0.1) is 0 Å². The highest BCUT2D eigenvalue weighted by atomic mass is 16.7. The van der Waals surface area contributed by atoms with E-state index < -0.39 is 74.6 Å². The Morgan fingerprint density at radius 3 is 2.04 bits per heavy atom. The van der Waals surface area contributed by atoms with E-state index in [0.29, 0.717) is 0 Å². The van der Waals surface area contributed by atoms with Crippen LogP contribution in [0.2, 0.25) is 0 Å². The maximum atomic E-state index is 10.3. The van der Waals surface area contributed by atoms with Crippen molar-refractivity contribution in [3.05, 3.63) is 10.4 Å². The molecule has 2 aliphatic heterocycles. The minimum atomic E-state index is -1.74. The first kappa shape index (κ1) is 23.2. The molecule has 2 rings (SSSR count). The van der Waals surface area contributed by atoms with Crippen LogP contribution in [0.3, 0.4) is 0 Å². The molecular weight excluding hydrogens is 386 g/mol. The Morgan fingerprint density at radius 1 is 0.821 bits per heavy atom. The van der Waals surface area contributed by atoms with E-state index >= 15 is 0 Å². The third kappa shape index (κ3) is 5.07. The van der Waals surface area contributed by atoms with Crippen molar-refractivity contribution in [3.63, 3.8) is 0 Å². The monoisotopic (exact) mass is 411 g/mol. The van der Waals surface area contributed by atoms with Crippen LogP contribution in [0.1, 0.15) is 0 Å². The summed E-state index contributed by atoms with van der Waals surface area (Å²) >= 11 is 0. The minimum Gasteiger partial charge on any atom is -0.394 e. The van der Waals surface area contributed by atoms with Crippen molar-refractivity contribution < 1.29 is 54.7 Å². The van der Waals surface area contributed by atoms with Crippen molar-refractivity contribution in [2.45, 2.75) is 61.4 Å². The first-order valence-corrected chi connectivity index (χ1v) is 8.56. The van der Waals surface area contributed by atoms with Crippen molar-refractivity contribution in [1.82, 2.24) is 0 Å². The zero-order valence-electron chi connectivity index (χ0n) is 14.7. The van der Waals surface area contributed by atoms with Crippen molar-refractivity contribution in [3.8, 4) is 0 Å². The number of rotatable bonds is 8. The van der Waals surface area contributed by atoms with Gasteiger partial charge in [0.2, 0.25) is 0 Å². The molecule has 0 bridgehead atoms. The number of ether oxygens (including phenoxy) is 4. The molecule has 0 amide bonds. The van der Waals surface area contributed by atoms with E-state index in [1.807, 2.05) is 0 Å². The predicted molar refractivity (Wildman–Crippen MR) is 86.4 cm³/mol. The molecule has 2 aliphatic rings. The highest BCUT2D eigenvalue weighted by Crippen LogP contribution is 2.29. The number of nitrogens with zero attached hydrogens (tertiary/aromatic N) is 3. The Balaban J connectivity index is 2.05. The second kappa shape index (κ2) is 10.6. The number of aliphatic hydroxyl groups excluding tert-OH is 7. The number of azide groups is 1. The summed E-state index contributed by atoms with van der Waals surface area (Å²) in [4.78, 5) is 2.53. The number of aliphatic hydroxyl groups is 7. The number of hydrogen-bond donors (Lipinski definition) is 7. The fourth-order valence-corrected chi connectivity index (χ4v) is 2.95. The quantitative estimate of drug-likeness (QED) is 0.0879. The lowest BCUT2D eigenvalue weighted by molar-refractivity contribution is -0.359. The van der Waals surface area contributed by atoms with E-state index in [2.05, 4.69) is 10.0 Å². The molecule has 0 aliphatic carbocycles. The molecule has 162 valence electrons. The molecule has 2 heterocycles. The predicted octanol–water partition coefficient (Wildman–Crippen LogP) is -4.06. The molecule has 0 radical (unpaired) electrons. The molecule has 7 N–H and O–H groups in total. The first-order chi connectivity index (χ1) is 13.3. The Bertz CT molecular complexity index is 533. The Hall–Kier alpha value is -1.13. The zero-order chi connectivity index (χ0) is 20.8. The van der Waals surface area contributed by atoms with Gasteiger partial charge in [0.15, 0.2) is 12.6 Å². The van der Waals surface area contributed by atoms with Crippen LogP contribution in [0.4, 0.5) is 0 Å². The average Bonchev–Trinajstić information content (AvgIpc) is 2.70. The largest absolute Gasteiger partial charge is 0.394 e. The Morgan fingerprint density at radius 2 is 1.43 bits per heavy atom. The summed E-state index contributed by atoms with van der Waals surface area (Å²) in [7, 11) is 0. The fourth-order valence-electron chi connectivity index (χ4n) is 2.95. The van der Waals surface area contributed by atoms with Gasteiger partial charge in [-0.1, -0.05) is 5.11 Å². The van der Waals surface area contributed by atoms with Gasteiger partial charge in [-0.05, 0) is 5.53 Å². The van der Waals surface area contributed by atoms with Crippen LogP contribution in [-0.4, -0.2) is 124 Å². The molecule has 0 saturated carbocycles. The first-order valence-electron chi connectivity index (χ1n) is 8.56. The van der Waals surface area contributed by atoms with Gasteiger partial charge in [-0.25, -0.2) is 0 Å². The summed E-state index contributed by atoms with van der Waals surface area (Å²) in [6.45, 7) is -1.51. The summed E-state index contributed by atoms with van der Waals surface area (Å²) in [5.74, 6) is 0. The molecule has 0 aromatic carbocycles. The van der Waals surface area contributed by atoms with Crippen LogP contribution in [-0.2, 0) is 18.9 Å². The lowest BCUT2D eigenvalue weighted by atomic mass is 9.97. The van der Waals surface area contributed by atoms with Gasteiger partial charge in [-0.3, -0.25) is 0 Å². The van der Waals surface area contributed by atoms with Crippen LogP contribution in [0.25, 0.3) is 10.4 Å². The molecule has 28 heavy (non-hydrogen) atoms. The van der Waals surface area contributed by atoms with E-state index in [1.54, 1.807) is 0 Å². The smallest absolute Gasteiger partial charge is 0.187 e. The average molecular weight is 411 g/mol. The Kier molecular flexibility index (Phi) is 8.76. The van der Waals surface area contributed by atoms with Gasteiger partial charge in [0, 0.05) is 11.5 Å². The molecule has 0 aromatic heterocycles. The summed E-state index contributed by atoms with van der Waals surface area (Å²) in [6.07, 6.45) is -15.1. The molecule has 0 spiro atoms. The molecule has 0 unspecified atom stereocenters. The lowest BCUT2D eigenvalue weighted by Gasteiger charge is -2.45. The fraction of sp³-hybridized carbons (Fsp3) is 1.00. The van der Waals surface area contributed by atoms with Crippen LogP contribution in [0.5, 0.6) is 0 Å². The highest BCUT2D eigenvalue weighted by molar-refractivity contribution is 4.94. The summed E-state index contributed by atoms with van der Waals surface area (Å²) < 4.78 is 21.1. The zero-order valence-corrected chi connectivity index (χ0v) is 14.7. The van der Waals surface area contributed by atoms with Crippen molar-refractivity contribution in [2.24, 2.45) is 5.11 Å². The van der Waals surface area contributed by atoms with E-state index in [-0.39, 0.29) is 13.2 Å².